The minimum Gasteiger partial charge on any atom is -0.438 e. The molecule has 7 rings (SSSR count). The van der Waals surface area contributed by atoms with Gasteiger partial charge in [0.05, 0.1) is 0 Å². The van der Waals surface area contributed by atoms with Crippen molar-refractivity contribution in [3.63, 3.8) is 0 Å². The van der Waals surface area contributed by atoms with Gasteiger partial charge < -0.3 is 4.42 Å². The predicted octanol–water partition coefficient (Wildman–Crippen LogP) is 6.44. The van der Waals surface area contributed by atoms with Crippen molar-refractivity contribution in [3.8, 4) is 11.1 Å². The molecule has 0 aliphatic heterocycles. The van der Waals surface area contributed by atoms with Gasteiger partial charge in [0.2, 0.25) is 5.71 Å². The van der Waals surface area contributed by atoms with Crippen molar-refractivity contribution < 1.29 is 17.6 Å². The van der Waals surface area contributed by atoms with Crippen LogP contribution in [-0.4, -0.2) is 13.1 Å². The fourth-order valence-electron chi connectivity index (χ4n) is 5.80. The summed E-state index contributed by atoms with van der Waals surface area (Å²) in [4.78, 5) is 4.33. The fraction of sp³-hybridized carbons (Fsp3) is 0. The van der Waals surface area contributed by atoms with E-state index in [1.165, 1.54) is 36.4 Å². The third kappa shape index (κ3) is 4.24. The second kappa shape index (κ2) is 9.91. The van der Waals surface area contributed by atoms with Crippen LogP contribution in [0.5, 0.6) is 0 Å². The van der Waals surface area contributed by atoms with E-state index < -0.39 is 8.07 Å². The van der Waals surface area contributed by atoms with Gasteiger partial charge in [0, 0.05) is 17.0 Å². The standard InChI is InChI=1S/C35H22F3NOSi/c36-25-6-14-29(15-7-25)41(30-16-8-26(37)9-17-30,31-18-10-27(38)11-19-31)28-12-3-23(4-13-28)24-5-20-32-33-2-1-21-39-35(33)40-34(32)22-24/h1-22H. The van der Waals surface area contributed by atoms with Gasteiger partial charge in [-0.1, -0.05) is 66.7 Å². The van der Waals surface area contributed by atoms with Crippen molar-refractivity contribution >= 4 is 50.9 Å². The molecule has 0 aliphatic rings. The molecule has 41 heavy (non-hydrogen) atoms. The van der Waals surface area contributed by atoms with Gasteiger partial charge in [-0.25, -0.2) is 18.2 Å². The Morgan fingerprint density at radius 1 is 0.488 bits per heavy atom. The Morgan fingerprint density at radius 2 is 0.951 bits per heavy atom. The van der Waals surface area contributed by atoms with Crippen molar-refractivity contribution in [2.75, 3.05) is 0 Å². The van der Waals surface area contributed by atoms with Crippen molar-refractivity contribution in [2.45, 2.75) is 0 Å². The first-order valence-corrected chi connectivity index (χ1v) is 15.2. The zero-order valence-electron chi connectivity index (χ0n) is 21.7. The van der Waals surface area contributed by atoms with E-state index in [2.05, 4.69) is 35.3 Å². The molecule has 2 nitrogen and oxygen atoms in total. The van der Waals surface area contributed by atoms with Crippen LogP contribution >= 0.6 is 0 Å². The highest BCUT2D eigenvalue weighted by Gasteiger charge is 2.41. The lowest BCUT2D eigenvalue weighted by atomic mass is 10.0. The number of aromatic nitrogens is 1. The highest BCUT2D eigenvalue weighted by Crippen LogP contribution is 2.31. The summed E-state index contributed by atoms with van der Waals surface area (Å²) in [6.07, 6.45) is 1.71. The van der Waals surface area contributed by atoms with E-state index >= 15 is 0 Å². The maximum atomic E-state index is 14.1. The molecule has 0 bridgehead atoms. The lowest BCUT2D eigenvalue weighted by molar-refractivity contribution is 0.628. The van der Waals surface area contributed by atoms with E-state index in [1.54, 1.807) is 42.6 Å². The summed E-state index contributed by atoms with van der Waals surface area (Å²) in [7, 11) is -3.09. The quantitative estimate of drug-likeness (QED) is 0.180. The Morgan fingerprint density at radius 3 is 1.46 bits per heavy atom. The molecule has 0 saturated carbocycles. The van der Waals surface area contributed by atoms with Gasteiger partial charge in [-0.3, -0.25) is 0 Å². The Balaban J connectivity index is 1.42. The molecular weight excluding hydrogens is 535 g/mol. The van der Waals surface area contributed by atoms with E-state index in [-0.39, 0.29) is 17.5 Å². The highest BCUT2D eigenvalue weighted by atomic mass is 28.3. The molecule has 0 N–H and O–H groups in total. The highest BCUT2D eigenvalue weighted by molar-refractivity contribution is 7.19. The summed E-state index contributed by atoms with van der Waals surface area (Å²) in [5.41, 5.74) is 3.33. The topological polar surface area (TPSA) is 26.0 Å². The summed E-state index contributed by atoms with van der Waals surface area (Å²) >= 11 is 0. The Labute approximate surface area is 235 Å². The number of benzene rings is 5. The second-order valence-electron chi connectivity index (χ2n) is 10.0. The number of furan rings is 1. The summed E-state index contributed by atoms with van der Waals surface area (Å²) in [6, 6.07) is 37.6. The van der Waals surface area contributed by atoms with E-state index in [4.69, 9.17) is 4.42 Å². The molecule has 0 spiro atoms. The van der Waals surface area contributed by atoms with E-state index in [1.807, 2.05) is 24.3 Å². The van der Waals surface area contributed by atoms with Crippen LogP contribution in [0.15, 0.2) is 138 Å². The van der Waals surface area contributed by atoms with Gasteiger partial charge in [-0.2, -0.15) is 0 Å². The van der Waals surface area contributed by atoms with Crippen molar-refractivity contribution in [2.24, 2.45) is 0 Å². The summed E-state index contributed by atoms with van der Waals surface area (Å²) < 4.78 is 48.3. The SMILES string of the molecule is Fc1ccc([Si](c2ccc(F)cc2)(c2ccc(F)cc2)c2ccc(-c3ccc4c(c3)oc3ncccc34)cc2)cc1. The van der Waals surface area contributed by atoms with Crippen LogP contribution in [0.25, 0.3) is 33.2 Å². The molecule has 5 aromatic carbocycles. The van der Waals surface area contributed by atoms with Crippen LogP contribution < -0.4 is 20.7 Å². The average Bonchev–Trinajstić information content (AvgIpc) is 3.38. The molecule has 0 fully saturated rings. The van der Waals surface area contributed by atoms with Gasteiger partial charge in [0.1, 0.15) is 23.0 Å². The maximum absolute atomic E-state index is 14.1. The Kier molecular flexibility index (Phi) is 6.06. The minimum atomic E-state index is -3.09. The number of fused-ring (bicyclic) bond motifs is 3. The van der Waals surface area contributed by atoms with Crippen LogP contribution in [0.2, 0.25) is 0 Å². The third-order valence-electron chi connectivity index (χ3n) is 7.73. The first-order valence-electron chi connectivity index (χ1n) is 13.2. The number of rotatable bonds is 5. The first kappa shape index (κ1) is 25.1. The van der Waals surface area contributed by atoms with Gasteiger partial charge >= 0.3 is 0 Å². The van der Waals surface area contributed by atoms with Crippen molar-refractivity contribution in [1.82, 2.24) is 4.98 Å². The number of hydrogen-bond acceptors (Lipinski definition) is 2. The summed E-state index contributed by atoms with van der Waals surface area (Å²) in [5, 5.41) is 5.69. The normalized spacial score (nSPS) is 11.8. The molecule has 198 valence electrons. The summed E-state index contributed by atoms with van der Waals surface area (Å²) in [5.74, 6) is -1.04. The molecule has 2 aromatic heterocycles. The molecule has 6 heteroatoms. The number of halogens is 3. The fourth-order valence-corrected chi connectivity index (χ4v) is 10.5. The Hall–Kier alpha value is -4.94. The molecule has 0 unspecified atom stereocenters. The predicted molar refractivity (Wildman–Crippen MR) is 160 cm³/mol. The second-order valence-corrected chi connectivity index (χ2v) is 13.8. The monoisotopic (exact) mass is 557 g/mol. The molecule has 0 aliphatic carbocycles. The van der Waals surface area contributed by atoms with Crippen LogP contribution in [0.4, 0.5) is 13.2 Å². The lowest BCUT2D eigenvalue weighted by Crippen LogP contribution is -2.74. The number of pyridine rings is 1. The number of hydrogen-bond donors (Lipinski definition) is 0. The van der Waals surface area contributed by atoms with Crippen LogP contribution in [-0.2, 0) is 0 Å². The average molecular weight is 558 g/mol. The first-order chi connectivity index (χ1) is 20.0. The van der Waals surface area contributed by atoms with Gasteiger partial charge in [0.15, 0.2) is 8.07 Å². The largest absolute Gasteiger partial charge is 0.438 e. The van der Waals surface area contributed by atoms with E-state index in [9.17, 15) is 13.2 Å². The lowest BCUT2D eigenvalue weighted by Gasteiger charge is -2.34. The summed E-state index contributed by atoms with van der Waals surface area (Å²) in [6.45, 7) is 0. The molecule has 0 saturated heterocycles. The van der Waals surface area contributed by atoms with Crippen LogP contribution in [0, 0.1) is 17.5 Å². The van der Waals surface area contributed by atoms with E-state index in [0.29, 0.717) is 5.71 Å². The van der Waals surface area contributed by atoms with Gasteiger partial charge in [-0.05, 0) is 92.5 Å². The zero-order valence-corrected chi connectivity index (χ0v) is 22.7. The molecule has 0 radical (unpaired) electrons. The Bertz CT molecular complexity index is 1890. The van der Waals surface area contributed by atoms with Gasteiger partial charge in [-0.15, -0.1) is 0 Å². The molecule has 0 amide bonds. The van der Waals surface area contributed by atoms with Crippen LogP contribution in [0.1, 0.15) is 0 Å². The van der Waals surface area contributed by atoms with Crippen molar-refractivity contribution in [3.05, 3.63) is 151 Å². The van der Waals surface area contributed by atoms with E-state index in [0.717, 1.165) is 48.2 Å². The molecule has 7 aromatic rings. The molecule has 0 atom stereocenters. The smallest absolute Gasteiger partial charge is 0.227 e. The van der Waals surface area contributed by atoms with Gasteiger partial charge in [0.25, 0.3) is 0 Å². The maximum Gasteiger partial charge on any atom is 0.227 e. The zero-order chi connectivity index (χ0) is 28.0. The molecular formula is C35H22F3NOSi. The van der Waals surface area contributed by atoms with Crippen LogP contribution in [0.3, 0.4) is 0 Å². The third-order valence-corrected chi connectivity index (χ3v) is 12.5. The number of nitrogens with zero attached hydrogens (tertiary/aromatic N) is 1. The minimum absolute atomic E-state index is 0.346. The molecule has 2 heterocycles. The van der Waals surface area contributed by atoms with Crippen molar-refractivity contribution in [1.29, 1.82) is 0 Å².